The number of hydrogen-bond acceptors (Lipinski definition) is 13. The highest BCUT2D eigenvalue weighted by Gasteiger charge is 2.59. The molecule has 0 saturated carbocycles. The molecule has 14 nitrogen and oxygen atoms in total. The first-order chi connectivity index (χ1) is 20.0. The Balaban J connectivity index is 1.64. The monoisotopic (exact) mass is 670 g/mol. The average Bonchev–Trinajstić information content (AvgIpc) is 3.31. The second kappa shape index (κ2) is 12.4. The molecule has 3 atom stereocenters. The molecule has 4 rings (SSSR count). The normalized spacial score (nSPS) is 19.3. The number of carboxylic acid groups (broad SMARTS) is 1. The molecule has 0 aliphatic carbocycles. The third kappa shape index (κ3) is 7.49. The van der Waals surface area contributed by atoms with Crippen molar-refractivity contribution >= 4 is 74.4 Å². The summed E-state index contributed by atoms with van der Waals surface area (Å²) < 4.78 is 31.8. The maximum atomic E-state index is 13.8. The van der Waals surface area contributed by atoms with Crippen LogP contribution in [-0.4, -0.2) is 92.2 Å². The average molecular weight is 671 g/mol. The van der Waals surface area contributed by atoms with Crippen molar-refractivity contribution < 1.29 is 37.4 Å². The predicted molar refractivity (Wildman–Crippen MR) is 162 cm³/mol. The number of carboxylic acids is 1. The fraction of sp³-hybridized carbons (Fsp3) is 0.440. The van der Waals surface area contributed by atoms with E-state index in [1.165, 1.54) is 59.1 Å². The summed E-state index contributed by atoms with van der Waals surface area (Å²) in [6.45, 7) is 6.57. The predicted octanol–water partition coefficient (Wildman–Crippen LogP) is 2.40. The van der Waals surface area contributed by atoms with Crippen LogP contribution in [0.2, 0.25) is 0 Å². The van der Waals surface area contributed by atoms with Gasteiger partial charge in [0.25, 0.3) is 11.8 Å². The van der Waals surface area contributed by atoms with Crippen LogP contribution in [0.4, 0.5) is 10.5 Å². The summed E-state index contributed by atoms with van der Waals surface area (Å²) in [7, 11) is -3.63. The fourth-order valence-corrected chi connectivity index (χ4v) is 8.22. The van der Waals surface area contributed by atoms with Crippen LogP contribution >= 0.6 is 34.9 Å². The molecule has 0 spiro atoms. The van der Waals surface area contributed by atoms with Gasteiger partial charge in [0, 0.05) is 17.2 Å². The molecule has 0 radical (unpaired) electrons. The number of ether oxygens (including phenoxy) is 1. The molecule has 2 aromatic rings. The maximum absolute atomic E-state index is 13.8. The summed E-state index contributed by atoms with van der Waals surface area (Å²) in [5.74, 6) is -2.59. The minimum Gasteiger partial charge on any atom is -0.477 e. The van der Waals surface area contributed by atoms with Crippen molar-refractivity contribution in [1.82, 2.24) is 20.0 Å². The van der Waals surface area contributed by atoms with Crippen molar-refractivity contribution in [3.05, 3.63) is 46.1 Å². The zero-order valence-electron chi connectivity index (χ0n) is 23.8. The summed E-state index contributed by atoms with van der Waals surface area (Å²) >= 11 is 3.88. The Hall–Kier alpha value is -3.19. The number of aromatic nitrogens is 2. The molecule has 43 heavy (non-hydrogen) atoms. The number of thioether (sulfide) groups is 2. The van der Waals surface area contributed by atoms with E-state index in [1.807, 2.05) is 0 Å². The van der Waals surface area contributed by atoms with Gasteiger partial charge in [0.1, 0.15) is 27.7 Å². The number of hydrogen-bond donors (Lipinski definition) is 3. The molecular weight excluding hydrogens is 641 g/mol. The van der Waals surface area contributed by atoms with Gasteiger partial charge in [-0.15, -0.1) is 22.0 Å². The van der Waals surface area contributed by atoms with E-state index in [-0.39, 0.29) is 28.5 Å². The Bertz CT molecular complexity index is 1600. The number of aliphatic carboxylic acids is 1. The van der Waals surface area contributed by atoms with E-state index in [0.29, 0.717) is 14.8 Å². The van der Waals surface area contributed by atoms with Gasteiger partial charge in [-0.2, -0.15) is 0 Å². The third-order valence-corrected chi connectivity index (χ3v) is 10.0. The van der Waals surface area contributed by atoms with Crippen molar-refractivity contribution in [2.45, 2.75) is 55.1 Å². The second-order valence-corrected chi connectivity index (χ2v) is 15.9. The molecular formula is C25H30N6O8S4. The van der Waals surface area contributed by atoms with Crippen molar-refractivity contribution in [2.24, 2.45) is 5.73 Å². The highest BCUT2D eigenvalue weighted by Crippen LogP contribution is 2.44. The Morgan fingerprint density at radius 2 is 2.00 bits per heavy atom. The summed E-state index contributed by atoms with van der Waals surface area (Å²) in [6.07, 6.45) is -0.155. The first-order valence-electron chi connectivity index (χ1n) is 12.7. The molecule has 0 bridgehead atoms. The number of imide groups is 1. The molecule has 2 aliphatic rings. The van der Waals surface area contributed by atoms with Gasteiger partial charge < -0.3 is 15.6 Å². The molecule has 1 saturated heterocycles. The van der Waals surface area contributed by atoms with Gasteiger partial charge in [0.15, 0.2) is 10.4 Å². The fourth-order valence-electron chi connectivity index (χ4n) is 4.32. The van der Waals surface area contributed by atoms with Crippen LogP contribution in [0.15, 0.2) is 39.9 Å². The zero-order chi connectivity index (χ0) is 31.9. The number of nitrogens with one attached hydrogen (secondary N) is 1. The highest BCUT2D eigenvalue weighted by atomic mass is 32.2. The lowest BCUT2D eigenvalue weighted by Gasteiger charge is -2.52. The smallest absolute Gasteiger partial charge is 0.417 e. The molecule has 1 aromatic heterocycles. The minimum absolute atomic E-state index is 0.145. The Morgan fingerprint density at radius 3 is 2.58 bits per heavy atom. The maximum Gasteiger partial charge on any atom is 0.417 e. The van der Waals surface area contributed by atoms with E-state index in [1.54, 1.807) is 27.7 Å². The number of sulfonamides is 1. The van der Waals surface area contributed by atoms with Crippen LogP contribution in [0, 0.1) is 6.92 Å². The summed E-state index contributed by atoms with van der Waals surface area (Å²) in [5.41, 5.74) is 5.83. The SMILES string of the molecule is Cc1nnc(SCC2=C(C(=O)O)N3C(=O)C(N(C(=O)OC(C)(C)C)C(=O)[C@H](N)c4cccc(NS(C)(=O)=O)c4)[C@H]3SC2)s1. The molecule has 18 heteroatoms. The number of rotatable bonds is 9. The van der Waals surface area contributed by atoms with E-state index >= 15 is 0 Å². The number of nitrogens with zero attached hydrogens (tertiary/aromatic N) is 4. The van der Waals surface area contributed by atoms with E-state index in [9.17, 15) is 32.7 Å². The highest BCUT2D eigenvalue weighted by molar-refractivity contribution is 8.01. The quantitative estimate of drug-likeness (QED) is 0.260. The lowest BCUT2D eigenvalue weighted by molar-refractivity contribution is -0.159. The van der Waals surface area contributed by atoms with Crippen LogP contribution in [0.1, 0.15) is 37.4 Å². The summed E-state index contributed by atoms with van der Waals surface area (Å²) in [6, 6.07) is 2.89. The summed E-state index contributed by atoms with van der Waals surface area (Å²) in [5, 5.41) is 17.9. The van der Waals surface area contributed by atoms with Gasteiger partial charge in [0.05, 0.1) is 6.26 Å². The number of carbonyl (C=O) groups excluding carboxylic acids is 3. The van der Waals surface area contributed by atoms with Crippen molar-refractivity contribution in [1.29, 1.82) is 0 Å². The van der Waals surface area contributed by atoms with Crippen molar-refractivity contribution in [3.8, 4) is 0 Å². The van der Waals surface area contributed by atoms with Crippen LogP contribution in [-0.2, 0) is 29.1 Å². The number of β-lactam (4-membered cyclic amide) rings is 1. The van der Waals surface area contributed by atoms with Crippen LogP contribution in [0.3, 0.4) is 0 Å². The van der Waals surface area contributed by atoms with Gasteiger partial charge in [-0.1, -0.05) is 35.2 Å². The first kappa shape index (κ1) is 32.7. The molecule has 3 heterocycles. The Labute approximate surface area is 260 Å². The minimum atomic E-state index is -3.63. The third-order valence-electron chi connectivity index (χ3n) is 6.02. The number of fused-ring (bicyclic) bond motifs is 1. The molecule has 232 valence electrons. The molecule has 2 aliphatic heterocycles. The van der Waals surface area contributed by atoms with Crippen LogP contribution in [0.25, 0.3) is 0 Å². The van der Waals surface area contributed by atoms with Gasteiger partial charge in [-0.05, 0) is 51.0 Å². The van der Waals surface area contributed by atoms with E-state index in [2.05, 4.69) is 14.9 Å². The Morgan fingerprint density at radius 1 is 1.30 bits per heavy atom. The molecule has 1 fully saturated rings. The number of aryl methyl sites for hydroxylation is 1. The van der Waals surface area contributed by atoms with E-state index < -0.39 is 57.0 Å². The molecule has 1 aromatic carbocycles. The van der Waals surface area contributed by atoms with Crippen molar-refractivity contribution in [2.75, 3.05) is 22.5 Å². The van der Waals surface area contributed by atoms with Crippen molar-refractivity contribution in [3.63, 3.8) is 0 Å². The number of anilines is 1. The lowest BCUT2D eigenvalue weighted by atomic mass is 9.99. The number of nitrogens with two attached hydrogens (primary N) is 1. The number of amides is 3. The number of benzene rings is 1. The second-order valence-electron chi connectivity index (χ2n) is 10.7. The van der Waals surface area contributed by atoms with Gasteiger partial charge >= 0.3 is 12.1 Å². The number of carbonyl (C=O) groups is 4. The van der Waals surface area contributed by atoms with E-state index in [4.69, 9.17) is 10.5 Å². The lowest BCUT2D eigenvalue weighted by Crippen LogP contribution is -2.73. The molecule has 1 unspecified atom stereocenters. The molecule has 4 N–H and O–H groups in total. The van der Waals surface area contributed by atoms with E-state index in [0.717, 1.165) is 16.2 Å². The first-order valence-corrected chi connectivity index (χ1v) is 17.4. The zero-order valence-corrected chi connectivity index (χ0v) is 27.0. The Kier molecular flexibility index (Phi) is 9.46. The standard InChI is InChI=1S/C25H30N6O8S4/c1-12-27-28-23(42-12)41-11-14-10-40-21-18(20(33)30(21)17(14)22(34)35)31(24(36)39-25(2,3)4)19(32)16(26)13-7-6-8-15(9-13)29-43(5,37)38/h6-9,16,18,21,29H,10-11,26H2,1-5H3,(H,34,35)/t16-,18?,21-/m1/s1. The van der Waals surface area contributed by atoms with Crippen LogP contribution < -0.4 is 10.5 Å². The topological polar surface area (TPSA) is 202 Å². The summed E-state index contributed by atoms with van der Waals surface area (Å²) in [4.78, 5) is 54.8. The largest absolute Gasteiger partial charge is 0.477 e. The molecule has 3 amide bonds. The van der Waals surface area contributed by atoms with Gasteiger partial charge in [-0.3, -0.25) is 19.2 Å². The van der Waals surface area contributed by atoms with Crippen LogP contribution in [0.5, 0.6) is 0 Å². The van der Waals surface area contributed by atoms with Gasteiger partial charge in [-0.25, -0.2) is 22.9 Å². The van der Waals surface area contributed by atoms with Gasteiger partial charge in [0.2, 0.25) is 10.0 Å².